The number of carbonyl (C=O) groups is 3. The standard InChI is InChI=1S/C26H31NO5/c1-17(2)23(19-11-7-5-8-12-19)25(24(18(3)4)20-13-9-6-10-14-20)31-26(30)32-27-21(28)15-16-22(27)29/h5-14,17-18,23-25H,15-16H2,1-4H3. The molecule has 1 saturated heterocycles. The first-order valence-electron chi connectivity index (χ1n) is 11.1. The van der Waals surface area contributed by atoms with E-state index in [4.69, 9.17) is 9.57 Å². The summed E-state index contributed by atoms with van der Waals surface area (Å²) in [5.41, 5.74) is 2.10. The highest BCUT2D eigenvalue weighted by Crippen LogP contribution is 2.41. The van der Waals surface area contributed by atoms with Crippen LogP contribution in [0.25, 0.3) is 0 Å². The van der Waals surface area contributed by atoms with Crippen molar-refractivity contribution in [1.82, 2.24) is 5.06 Å². The fourth-order valence-electron chi connectivity index (χ4n) is 4.49. The first-order valence-corrected chi connectivity index (χ1v) is 11.1. The lowest BCUT2D eigenvalue weighted by molar-refractivity contribution is -0.179. The Morgan fingerprint density at radius 2 is 1.16 bits per heavy atom. The first kappa shape index (κ1) is 23.5. The van der Waals surface area contributed by atoms with Crippen molar-refractivity contribution in [1.29, 1.82) is 0 Å². The third-order valence-corrected chi connectivity index (χ3v) is 5.92. The zero-order valence-corrected chi connectivity index (χ0v) is 19.1. The third-order valence-electron chi connectivity index (χ3n) is 5.92. The summed E-state index contributed by atoms with van der Waals surface area (Å²) in [6, 6.07) is 19.9. The smallest absolute Gasteiger partial charge is 0.428 e. The van der Waals surface area contributed by atoms with Crippen LogP contribution in [0.1, 0.15) is 63.5 Å². The molecule has 0 bridgehead atoms. The minimum atomic E-state index is -1.04. The number of rotatable bonds is 8. The second-order valence-corrected chi connectivity index (χ2v) is 8.87. The lowest BCUT2D eigenvalue weighted by Crippen LogP contribution is -2.39. The molecule has 0 saturated carbocycles. The van der Waals surface area contributed by atoms with Gasteiger partial charge in [-0.3, -0.25) is 14.4 Å². The van der Waals surface area contributed by atoms with Crippen molar-refractivity contribution >= 4 is 18.0 Å². The van der Waals surface area contributed by atoms with Gasteiger partial charge in [0, 0.05) is 24.7 Å². The van der Waals surface area contributed by atoms with Crippen molar-refractivity contribution in [3.8, 4) is 0 Å². The molecule has 1 aliphatic rings. The summed E-state index contributed by atoms with van der Waals surface area (Å²) in [4.78, 5) is 41.7. The molecule has 2 unspecified atom stereocenters. The Hall–Kier alpha value is -3.15. The summed E-state index contributed by atoms with van der Waals surface area (Å²) >= 11 is 0. The minimum absolute atomic E-state index is 0.0345. The molecule has 2 aromatic rings. The van der Waals surface area contributed by atoms with Crippen molar-refractivity contribution in [3.05, 3.63) is 71.8 Å². The summed E-state index contributed by atoms with van der Waals surface area (Å²) in [5.74, 6) is -1.01. The Labute approximate surface area is 189 Å². The fourth-order valence-corrected chi connectivity index (χ4v) is 4.49. The zero-order valence-electron chi connectivity index (χ0n) is 19.1. The molecule has 0 aliphatic carbocycles. The van der Waals surface area contributed by atoms with Crippen LogP contribution in [0.5, 0.6) is 0 Å². The van der Waals surface area contributed by atoms with Gasteiger partial charge in [0.2, 0.25) is 0 Å². The molecule has 170 valence electrons. The number of hydroxylamine groups is 2. The second-order valence-electron chi connectivity index (χ2n) is 8.87. The van der Waals surface area contributed by atoms with E-state index in [0.29, 0.717) is 5.06 Å². The summed E-state index contributed by atoms with van der Waals surface area (Å²) in [5, 5.41) is 0.527. The van der Waals surface area contributed by atoms with Gasteiger partial charge in [-0.2, -0.15) is 0 Å². The number of hydrogen-bond donors (Lipinski definition) is 0. The van der Waals surface area contributed by atoms with Gasteiger partial charge in [-0.1, -0.05) is 93.4 Å². The minimum Gasteiger partial charge on any atom is -0.428 e. The molecule has 1 aliphatic heterocycles. The number of ether oxygens (including phenoxy) is 1. The molecule has 1 heterocycles. The maximum absolute atomic E-state index is 12.8. The van der Waals surface area contributed by atoms with E-state index >= 15 is 0 Å². The predicted molar refractivity (Wildman–Crippen MR) is 120 cm³/mol. The Bertz CT molecular complexity index is 858. The highest BCUT2D eigenvalue weighted by Gasteiger charge is 2.40. The van der Waals surface area contributed by atoms with Crippen LogP contribution in [-0.2, 0) is 19.2 Å². The Morgan fingerprint density at radius 3 is 1.53 bits per heavy atom. The number of imide groups is 1. The predicted octanol–water partition coefficient (Wildman–Crippen LogP) is 5.45. The van der Waals surface area contributed by atoms with Gasteiger partial charge in [0.25, 0.3) is 11.8 Å². The molecule has 6 heteroatoms. The maximum atomic E-state index is 12.8. The lowest BCUT2D eigenvalue weighted by Gasteiger charge is -2.37. The molecule has 6 nitrogen and oxygen atoms in total. The van der Waals surface area contributed by atoms with Crippen LogP contribution >= 0.6 is 0 Å². The van der Waals surface area contributed by atoms with E-state index in [1.54, 1.807) is 0 Å². The Morgan fingerprint density at radius 1 is 0.750 bits per heavy atom. The first-order chi connectivity index (χ1) is 15.3. The highest BCUT2D eigenvalue weighted by molar-refractivity contribution is 6.01. The number of carbonyl (C=O) groups excluding carboxylic acids is 3. The van der Waals surface area contributed by atoms with E-state index in [1.165, 1.54) is 0 Å². The molecule has 1 fully saturated rings. The Balaban J connectivity index is 1.98. The van der Waals surface area contributed by atoms with Crippen molar-refractivity contribution in [3.63, 3.8) is 0 Å². The van der Waals surface area contributed by atoms with E-state index in [1.807, 2.05) is 60.7 Å². The SMILES string of the molecule is CC(C)C(c1ccccc1)C(OC(=O)ON1C(=O)CCC1=O)C(c1ccccc1)C(C)C. The van der Waals surface area contributed by atoms with Crippen molar-refractivity contribution in [2.75, 3.05) is 0 Å². The Kier molecular flexibility index (Phi) is 7.67. The van der Waals surface area contributed by atoms with Crippen LogP contribution in [0.2, 0.25) is 0 Å². The molecule has 32 heavy (non-hydrogen) atoms. The monoisotopic (exact) mass is 437 g/mol. The maximum Gasteiger partial charge on any atom is 0.534 e. The van der Waals surface area contributed by atoms with Crippen LogP contribution in [-0.4, -0.2) is 29.1 Å². The molecule has 0 aromatic heterocycles. The van der Waals surface area contributed by atoms with Crippen LogP contribution in [0.15, 0.2) is 60.7 Å². The summed E-state index contributed by atoms with van der Waals surface area (Å²) in [7, 11) is 0. The highest BCUT2D eigenvalue weighted by atomic mass is 16.8. The summed E-state index contributed by atoms with van der Waals surface area (Å²) in [6.45, 7) is 8.37. The van der Waals surface area contributed by atoms with Gasteiger partial charge in [-0.15, -0.1) is 0 Å². The quantitative estimate of drug-likeness (QED) is 0.405. The third kappa shape index (κ3) is 5.36. The van der Waals surface area contributed by atoms with Crippen LogP contribution in [0.3, 0.4) is 0 Å². The largest absolute Gasteiger partial charge is 0.534 e. The van der Waals surface area contributed by atoms with E-state index < -0.39 is 24.1 Å². The number of hydrogen-bond acceptors (Lipinski definition) is 5. The van der Waals surface area contributed by atoms with E-state index in [9.17, 15) is 14.4 Å². The van der Waals surface area contributed by atoms with Crippen LogP contribution in [0.4, 0.5) is 4.79 Å². The fraction of sp³-hybridized carbons (Fsp3) is 0.423. The van der Waals surface area contributed by atoms with Crippen molar-refractivity contribution < 1.29 is 24.0 Å². The molecule has 2 amide bonds. The number of amides is 2. The van der Waals surface area contributed by atoms with Crippen molar-refractivity contribution in [2.24, 2.45) is 11.8 Å². The van der Waals surface area contributed by atoms with Crippen molar-refractivity contribution in [2.45, 2.75) is 58.5 Å². The van der Waals surface area contributed by atoms with E-state index in [0.717, 1.165) is 11.1 Å². The second kappa shape index (κ2) is 10.4. The molecule has 0 spiro atoms. The molecule has 0 N–H and O–H groups in total. The molecule has 2 atom stereocenters. The van der Waals surface area contributed by atoms with E-state index in [-0.39, 0.29) is 36.5 Å². The zero-order chi connectivity index (χ0) is 23.3. The average Bonchev–Trinajstić information content (AvgIpc) is 3.07. The van der Waals surface area contributed by atoms with Gasteiger partial charge >= 0.3 is 6.16 Å². The van der Waals surface area contributed by atoms with Gasteiger partial charge in [0.05, 0.1) is 0 Å². The molecular formula is C26H31NO5. The van der Waals surface area contributed by atoms with Crippen LogP contribution < -0.4 is 0 Å². The summed E-state index contributed by atoms with van der Waals surface area (Å²) < 4.78 is 5.96. The average molecular weight is 438 g/mol. The summed E-state index contributed by atoms with van der Waals surface area (Å²) in [6.07, 6.45) is -1.54. The van der Waals surface area contributed by atoms with Crippen LogP contribution in [0, 0.1) is 11.8 Å². The van der Waals surface area contributed by atoms with Gasteiger partial charge in [-0.25, -0.2) is 4.79 Å². The molecule has 3 rings (SSSR count). The number of benzene rings is 2. The van der Waals surface area contributed by atoms with Gasteiger partial charge in [0.15, 0.2) is 0 Å². The molecule has 2 aromatic carbocycles. The molecule has 0 radical (unpaired) electrons. The van der Waals surface area contributed by atoms with Gasteiger partial charge < -0.3 is 4.74 Å². The van der Waals surface area contributed by atoms with Gasteiger partial charge in [0.1, 0.15) is 6.10 Å². The topological polar surface area (TPSA) is 72.9 Å². The van der Waals surface area contributed by atoms with E-state index in [2.05, 4.69) is 27.7 Å². The molecular weight excluding hydrogens is 406 g/mol. The van der Waals surface area contributed by atoms with Gasteiger partial charge in [-0.05, 0) is 23.0 Å². The number of nitrogens with zero attached hydrogens (tertiary/aromatic N) is 1. The normalized spacial score (nSPS) is 16.9. The lowest BCUT2D eigenvalue weighted by atomic mass is 9.73.